The third-order valence-corrected chi connectivity index (χ3v) is 3.79. The van der Waals surface area contributed by atoms with Crippen LogP contribution < -0.4 is 5.62 Å². The van der Waals surface area contributed by atoms with Gasteiger partial charge in [-0.2, -0.15) is 0 Å². The first-order chi connectivity index (χ1) is 11.0. The molecule has 0 saturated carbocycles. The number of aryl methyl sites for hydroxylation is 1. The summed E-state index contributed by atoms with van der Waals surface area (Å²) < 4.78 is 3.28. The second-order valence-electron chi connectivity index (χ2n) is 5.19. The van der Waals surface area contributed by atoms with Gasteiger partial charge in [0, 0.05) is 24.7 Å². The van der Waals surface area contributed by atoms with E-state index in [4.69, 9.17) is 5.41 Å². The highest BCUT2D eigenvalue weighted by Crippen LogP contribution is 2.16. The predicted molar refractivity (Wildman–Crippen MR) is 84.2 cm³/mol. The van der Waals surface area contributed by atoms with Crippen LogP contribution in [0.3, 0.4) is 0 Å². The molecule has 3 aromatic rings. The summed E-state index contributed by atoms with van der Waals surface area (Å²) in [7, 11) is 1.76. The molecule has 0 amide bonds. The van der Waals surface area contributed by atoms with Crippen LogP contribution in [0.2, 0.25) is 0 Å². The molecule has 0 aliphatic carbocycles. The Bertz CT molecular complexity index is 984. The topological polar surface area (TPSA) is 93.9 Å². The molecular weight excluding hydrogens is 296 g/mol. The highest BCUT2D eigenvalue weighted by Gasteiger charge is 2.15. The van der Waals surface area contributed by atoms with Crippen LogP contribution in [0.1, 0.15) is 10.4 Å². The van der Waals surface area contributed by atoms with E-state index in [1.165, 1.54) is 18.2 Å². The summed E-state index contributed by atoms with van der Waals surface area (Å²) in [6.07, 6.45) is 0. The fourth-order valence-corrected chi connectivity index (χ4v) is 2.57. The Balaban J connectivity index is 2.01. The number of rotatable bonds is 4. The lowest BCUT2D eigenvalue weighted by atomic mass is 10.1. The first-order valence-electron chi connectivity index (χ1n) is 6.95. The quantitative estimate of drug-likeness (QED) is 0.455. The van der Waals surface area contributed by atoms with Crippen molar-refractivity contribution < 1.29 is 9.72 Å². The van der Waals surface area contributed by atoms with Gasteiger partial charge in [0.15, 0.2) is 5.78 Å². The van der Waals surface area contributed by atoms with Crippen molar-refractivity contribution in [3.05, 3.63) is 69.8 Å². The number of fused-ring (bicyclic) bond motifs is 1. The fourth-order valence-electron chi connectivity index (χ4n) is 2.57. The van der Waals surface area contributed by atoms with Gasteiger partial charge < -0.3 is 9.13 Å². The molecule has 0 saturated heterocycles. The number of benzene rings is 2. The van der Waals surface area contributed by atoms with Crippen LogP contribution in [0.4, 0.5) is 5.69 Å². The molecule has 0 unspecified atom stereocenters. The van der Waals surface area contributed by atoms with Crippen molar-refractivity contribution in [3.8, 4) is 0 Å². The summed E-state index contributed by atoms with van der Waals surface area (Å²) in [5.41, 5.74) is 1.97. The van der Waals surface area contributed by atoms with E-state index >= 15 is 0 Å². The Morgan fingerprint density at radius 2 is 1.87 bits per heavy atom. The lowest BCUT2D eigenvalue weighted by molar-refractivity contribution is -0.384. The van der Waals surface area contributed by atoms with Crippen molar-refractivity contribution in [2.45, 2.75) is 6.54 Å². The molecule has 1 N–H and O–H groups in total. The smallest absolute Gasteiger partial charge is 0.270 e. The van der Waals surface area contributed by atoms with Crippen molar-refractivity contribution in [1.82, 2.24) is 9.13 Å². The van der Waals surface area contributed by atoms with Gasteiger partial charge in [0.2, 0.25) is 5.62 Å². The van der Waals surface area contributed by atoms with E-state index in [0.29, 0.717) is 0 Å². The Labute approximate surface area is 131 Å². The summed E-state index contributed by atoms with van der Waals surface area (Å²) in [5.74, 6) is -0.274. The van der Waals surface area contributed by atoms with Gasteiger partial charge >= 0.3 is 0 Å². The number of nitrogens with one attached hydrogen (secondary N) is 1. The van der Waals surface area contributed by atoms with Crippen molar-refractivity contribution in [2.75, 3.05) is 0 Å². The van der Waals surface area contributed by atoms with Crippen molar-refractivity contribution in [3.63, 3.8) is 0 Å². The van der Waals surface area contributed by atoms with Crippen molar-refractivity contribution in [2.24, 2.45) is 7.05 Å². The second-order valence-corrected chi connectivity index (χ2v) is 5.19. The molecule has 116 valence electrons. The number of nitrogens with zero attached hydrogens (tertiary/aromatic N) is 3. The Kier molecular flexibility index (Phi) is 3.53. The number of Topliss-reactive ketones (excluding diaryl/α,β-unsaturated/α-hetero) is 1. The van der Waals surface area contributed by atoms with Gasteiger partial charge in [-0.3, -0.25) is 20.3 Å². The molecule has 1 heterocycles. The molecule has 3 rings (SSSR count). The van der Waals surface area contributed by atoms with Crippen LogP contribution in [0.25, 0.3) is 11.0 Å². The molecule has 7 nitrogen and oxygen atoms in total. The number of para-hydroxylation sites is 2. The van der Waals surface area contributed by atoms with Gasteiger partial charge in [0.05, 0.1) is 22.5 Å². The van der Waals surface area contributed by atoms with Crippen LogP contribution >= 0.6 is 0 Å². The largest absolute Gasteiger partial charge is 0.313 e. The first kappa shape index (κ1) is 14.7. The minimum absolute atomic E-state index is 0.0403. The maximum absolute atomic E-state index is 12.5. The van der Waals surface area contributed by atoms with Crippen LogP contribution in [-0.2, 0) is 13.6 Å². The molecule has 0 atom stereocenters. The molecule has 23 heavy (non-hydrogen) atoms. The molecular formula is C16H14N4O3. The number of ketones is 1. The Morgan fingerprint density at radius 3 is 2.57 bits per heavy atom. The maximum atomic E-state index is 12.5. The first-order valence-corrected chi connectivity index (χ1v) is 6.95. The summed E-state index contributed by atoms with van der Waals surface area (Å²) in [6, 6.07) is 13.1. The minimum Gasteiger partial charge on any atom is -0.313 e. The SMILES string of the molecule is Cn1c(=N)n(CC(=O)c2cccc([N+](=O)[O-])c2)c2ccccc21. The van der Waals surface area contributed by atoms with E-state index in [2.05, 4.69) is 0 Å². The summed E-state index contributed by atoms with van der Waals surface area (Å²) in [6.45, 7) is -0.0403. The van der Waals surface area contributed by atoms with Crippen LogP contribution in [0.5, 0.6) is 0 Å². The van der Waals surface area contributed by atoms with E-state index < -0.39 is 4.92 Å². The minimum atomic E-state index is -0.530. The normalized spacial score (nSPS) is 10.8. The van der Waals surface area contributed by atoms with Gasteiger partial charge in [-0.1, -0.05) is 24.3 Å². The van der Waals surface area contributed by atoms with E-state index in [9.17, 15) is 14.9 Å². The monoisotopic (exact) mass is 310 g/mol. The molecule has 2 aromatic carbocycles. The third kappa shape index (κ3) is 2.52. The van der Waals surface area contributed by atoms with E-state index in [-0.39, 0.29) is 29.2 Å². The highest BCUT2D eigenvalue weighted by atomic mass is 16.6. The van der Waals surface area contributed by atoms with Gasteiger partial charge in [-0.25, -0.2) is 0 Å². The van der Waals surface area contributed by atoms with Crippen LogP contribution in [-0.4, -0.2) is 19.8 Å². The van der Waals surface area contributed by atoms with Crippen molar-refractivity contribution >= 4 is 22.5 Å². The van der Waals surface area contributed by atoms with Crippen LogP contribution in [0.15, 0.2) is 48.5 Å². The molecule has 1 aromatic heterocycles. The van der Waals surface area contributed by atoms with E-state index in [1.54, 1.807) is 22.2 Å². The van der Waals surface area contributed by atoms with Gasteiger partial charge in [-0.15, -0.1) is 0 Å². The van der Waals surface area contributed by atoms with Gasteiger partial charge in [0.1, 0.15) is 0 Å². The number of carbonyl (C=O) groups excluding carboxylic acids is 1. The number of non-ortho nitro benzene ring substituents is 1. The zero-order valence-corrected chi connectivity index (χ0v) is 12.4. The Morgan fingerprint density at radius 1 is 1.17 bits per heavy atom. The van der Waals surface area contributed by atoms with E-state index in [0.717, 1.165) is 11.0 Å². The average Bonchev–Trinajstić information content (AvgIpc) is 2.80. The average molecular weight is 310 g/mol. The lowest BCUT2D eigenvalue weighted by Crippen LogP contribution is -2.25. The number of imidazole rings is 1. The number of aromatic nitrogens is 2. The standard InChI is InChI=1S/C16H14N4O3/c1-18-13-7-2-3-8-14(13)19(16(18)17)10-15(21)11-5-4-6-12(9-11)20(22)23/h2-9,17H,10H2,1H3. The molecule has 0 spiro atoms. The number of nitro groups is 1. The van der Waals surface area contributed by atoms with E-state index in [1.807, 2.05) is 24.3 Å². The summed E-state index contributed by atoms with van der Waals surface area (Å²) >= 11 is 0. The number of carbonyl (C=O) groups is 1. The highest BCUT2D eigenvalue weighted by molar-refractivity contribution is 5.97. The summed E-state index contributed by atoms with van der Waals surface area (Å²) in [5, 5.41) is 19.0. The van der Waals surface area contributed by atoms with Crippen molar-refractivity contribution in [1.29, 1.82) is 5.41 Å². The lowest BCUT2D eigenvalue weighted by Gasteiger charge is -2.04. The Hall–Kier alpha value is -3.22. The molecule has 0 aliphatic heterocycles. The fraction of sp³-hybridized carbons (Fsp3) is 0.125. The molecule has 0 radical (unpaired) electrons. The van der Waals surface area contributed by atoms with Crippen LogP contribution in [0, 0.1) is 15.5 Å². The number of nitro benzene ring substituents is 1. The zero-order valence-electron chi connectivity index (χ0n) is 12.4. The molecule has 0 bridgehead atoms. The maximum Gasteiger partial charge on any atom is 0.270 e. The zero-order chi connectivity index (χ0) is 16.6. The summed E-state index contributed by atoms with van der Waals surface area (Å²) in [4.78, 5) is 22.8. The third-order valence-electron chi connectivity index (χ3n) is 3.79. The van der Waals surface area contributed by atoms with Gasteiger partial charge in [-0.05, 0) is 12.1 Å². The molecule has 0 fully saturated rings. The van der Waals surface area contributed by atoms with Gasteiger partial charge in [0.25, 0.3) is 5.69 Å². The predicted octanol–water partition coefficient (Wildman–Crippen LogP) is 2.25. The number of hydrogen-bond acceptors (Lipinski definition) is 4. The number of hydrogen-bond donors (Lipinski definition) is 1. The second kappa shape index (κ2) is 5.53. The molecule has 0 aliphatic rings. The molecule has 7 heteroatoms.